The van der Waals surface area contributed by atoms with E-state index in [1.54, 1.807) is 0 Å². The van der Waals surface area contributed by atoms with E-state index in [9.17, 15) is 0 Å². The first-order chi connectivity index (χ1) is 27.6. The van der Waals surface area contributed by atoms with Gasteiger partial charge in [-0.15, -0.1) is 0 Å². The lowest BCUT2D eigenvalue weighted by molar-refractivity contribution is -0.00886. The number of hydrogen-bond donors (Lipinski definition) is 2. The van der Waals surface area contributed by atoms with E-state index in [1.807, 2.05) is 13.0 Å². The summed E-state index contributed by atoms with van der Waals surface area (Å²) in [7, 11) is 0. The summed E-state index contributed by atoms with van der Waals surface area (Å²) >= 11 is 0. The van der Waals surface area contributed by atoms with E-state index in [4.69, 9.17) is 40.2 Å². The SMILES string of the molecule is C.C.CC=CCCCC(CC/C=C/CCCC(CCC=CC)N=[N+]=[N-])OCCOCCO.OCCOCCOC1CC/C=C\CCC1.[N-]=[N+]=NC1CC/C=C\CCC1. The Morgan fingerprint density at radius 2 is 1.22 bits per heavy atom. The fourth-order valence-corrected chi connectivity index (χ4v) is 6.22. The highest BCUT2D eigenvalue weighted by atomic mass is 16.5. The number of hydrogen-bond acceptors (Lipinski definition) is 8. The van der Waals surface area contributed by atoms with Crippen molar-refractivity contribution in [3.05, 3.63) is 81.6 Å². The Hall–Kier alpha value is -2.92. The van der Waals surface area contributed by atoms with E-state index in [0.29, 0.717) is 45.7 Å². The molecule has 2 aliphatic rings. The maximum Gasteiger partial charge on any atom is 0.0704 e. The molecule has 2 rings (SSSR count). The number of nitrogens with zero attached hydrogens (tertiary/aromatic N) is 6. The van der Waals surface area contributed by atoms with Crippen LogP contribution >= 0.6 is 0 Å². The van der Waals surface area contributed by atoms with Crippen LogP contribution in [0.1, 0.15) is 157 Å². The highest BCUT2D eigenvalue weighted by molar-refractivity contribution is 4.88. The molecule has 336 valence electrons. The molecule has 0 amide bonds. The molecule has 4 atom stereocenters. The van der Waals surface area contributed by atoms with Gasteiger partial charge in [-0.1, -0.05) is 85.8 Å². The standard InChI is InChI=1S/C24H43N3O3.C12H22O3.C8H13N3.2CH4/c1-3-5-7-13-17-24(30-22-21-29-20-19-28)18-14-10-8-9-12-16-23(26-27-25)15-11-6-4-2;13-8-9-14-10-11-15-12-6-4-2-1-3-5-7-12;9-11-10-8-6-4-2-1-3-5-7-8;;/h3-6,8,10,23-24,28H,7,9,11-22H2,1-2H3;1-2,12-13H,3-11H2;1-2,8H,3-7H2;2*1H4/b5-3?,6-4?,10-8+;2*2-1-;;. The molecule has 0 saturated carbocycles. The van der Waals surface area contributed by atoms with Crippen LogP contribution in [-0.2, 0) is 18.9 Å². The molecular weight excluding hydrogens is 733 g/mol. The summed E-state index contributed by atoms with van der Waals surface area (Å²) < 4.78 is 22.1. The monoisotopic (exact) mass is 819 g/mol. The van der Waals surface area contributed by atoms with Gasteiger partial charge in [-0.3, -0.25) is 0 Å². The zero-order chi connectivity index (χ0) is 40.8. The topological polar surface area (TPSA) is 175 Å². The molecule has 0 fully saturated rings. The maximum absolute atomic E-state index is 8.75. The van der Waals surface area contributed by atoms with Crippen molar-refractivity contribution in [3.63, 3.8) is 0 Å². The van der Waals surface area contributed by atoms with E-state index in [2.05, 4.69) is 81.7 Å². The summed E-state index contributed by atoms with van der Waals surface area (Å²) in [5.74, 6) is 0. The van der Waals surface area contributed by atoms with E-state index >= 15 is 0 Å². The second-order valence-corrected chi connectivity index (χ2v) is 14.0. The van der Waals surface area contributed by atoms with Gasteiger partial charge in [0.05, 0.1) is 65.1 Å². The van der Waals surface area contributed by atoms with Gasteiger partial charge in [0, 0.05) is 21.9 Å². The summed E-state index contributed by atoms with van der Waals surface area (Å²) in [6, 6.07) is 0.340. The molecule has 0 saturated heterocycles. The third-order valence-electron chi connectivity index (χ3n) is 9.29. The van der Waals surface area contributed by atoms with E-state index in [0.717, 1.165) is 116 Å². The van der Waals surface area contributed by atoms with Gasteiger partial charge < -0.3 is 29.2 Å². The summed E-state index contributed by atoms with van der Waals surface area (Å²) in [4.78, 5) is 5.82. The number of ether oxygens (including phenoxy) is 4. The summed E-state index contributed by atoms with van der Waals surface area (Å²) in [5, 5.41) is 24.9. The highest BCUT2D eigenvalue weighted by Gasteiger charge is 2.10. The van der Waals surface area contributed by atoms with Crippen LogP contribution in [0.25, 0.3) is 20.9 Å². The predicted molar refractivity (Wildman–Crippen MR) is 244 cm³/mol. The number of unbranched alkanes of at least 4 members (excludes halogenated alkanes) is 2. The van der Waals surface area contributed by atoms with Crippen LogP contribution in [0.4, 0.5) is 0 Å². The van der Waals surface area contributed by atoms with Crippen LogP contribution < -0.4 is 0 Å². The van der Waals surface area contributed by atoms with Crippen molar-refractivity contribution >= 4 is 0 Å². The summed E-state index contributed by atoms with van der Waals surface area (Å²) in [6.45, 7) is 7.33. The van der Waals surface area contributed by atoms with Crippen LogP contribution in [0.3, 0.4) is 0 Å². The first kappa shape index (κ1) is 59.4. The molecule has 0 aromatic heterocycles. The lowest BCUT2D eigenvalue weighted by atomic mass is 10.0. The van der Waals surface area contributed by atoms with Crippen LogP contribution in [0.5, 0.6) is 0 Å². The summed E-state index contributed by atoms with van der Waals surface area (Å²) in [5.41, 5.74) is 16.9. The normalized spacial score (nSPS) is 18.8. The van der Waals surface area contributed by atoms with Gasteiger partial charge in [-0.2, -0.15) is 0 Å². The number of rotatable bonds is 28. The first-order valence-electron chi connectivity index (χ1n) is 21.5. The van der Waals surface area contributed by atoms with Gasteiger partial charge in [-0.25, -0.2) is 0 Å². The van der Waals surface area contributed by atoms with Crippen LogP contribution in [-0.4, -0.2) is 87.4 Å². The van der Waals surface area contributed by atoms with Gasteiger partial charge in [0.25, 0.3) is 0 Å². The molecular formula is C46H86N6O6. The zero-order valence-electron chi connectivity index (χ0n) is 35.1. The number of aliphatic hydroxyl groups is 2. The molecule has 0 radical (unpaired) electrons. The fourth-order valence-electron chi connectivity index (χ4n) is 6.22. The van der Waals surface area contributed by atoms with Crippen molar-refractivity contribution in [2.75, 3.05) is 52.9 Å². The minimum atomic E-state index is 0. The average molecular weight is 819 g/mol. The molecule has 0 aromatic carbocycles. The van der Waals surface area contributed by atoms with Crippen LogP contribution in [0, 0.1) is 0 Å². The Morgan fingerprint density at radius 1 is 0.638 bits per heavy atom. The molecule has 0 aliphatic heterocycles. The minimum absolute atomic E-state index is 0. The molecule has 2 N–H and O–H groups in total. The van der Waals surface area contributed by atoms with E-state index < -0.39 is 0 Å². The minimum Gasteiger partial charge on any atom is -0.394 e. The Kier molecular flexibility index (Phi) is 51.4. The Labute approximate surface area is 354 Å². The van der Waals surface area contributed by atoms with Crippen molar-refractivity contribution in [2.24, 2.45) is 10.2 Å². The number of aliphatic hydroxyl groups excluding tert-OH is 2. The highest BCUT2D eigenvalue weighted by Crippen LogP contribution is 2.17. The molecule has 0 heterocycles. The van der Waals surface area contributed by atoms with Crippen molar-refractivity contribution < 1.29 is 29.2 Å². The van der Waals surface area contributed by atoms with Crippen molar-refractivity contribution in [3.8, 4) is 0 Å². The molecule has 4 unspecified atom stereocenters. The number of allylic oxidation sites excluding steroid dienone is 10. The van der Waals surface area contributed by atoms with Gasteiger partial charge in [-0.05, 0) is 153 Å². The smallest absolute Gasteiger partial charge is 0.0704 e. The average Bonchev–Trinajstić information content (AvgIpc) is 3.18. The Morgan fingerprint density at radius 3 is 1.90 bits per heavy atom. The molecule has 0 spiro atoms. The fraction of sp³-hybridized carbons (Fsp3) is 0.783. The quantitative estimate of drug-likeness (QED) is 0.0261. The van der Waals surface area contributed by atoms with Crippen molar-refractivity contribution in [2.45, 2.75) is 181 Å². The third kappa shape index (κ3) is 42.7. The van der Waals surface area contributed by atoms with Crippen LogP contribution in [0.2, 0.25) is 0 Å². The third-order valence-corrected chi connectivity index (χ3v) is 9.29. The van der Waals surface area contributed by atoms with Crippen molar-refractivity contribution in [1.29, 1.82) is 0 Å². The van der Waals surface area contributed by atoms with Crippen molar-refractivity contribution in [1.82, 2.24) is 0 Å². The molecule has 58 heavy (non-hydrogen) atoms. The number of azide groups is 2. The molecule has 0 bridgehead atoms. The summed E-state index contributed by atoms with van der Waals surface area (Å²) in [6.07, 6.45) is 43.9. The molecule has 0 aromatic rings. The molecule has 12 heteroatoms. The van der Waals surface area contributed by atoms with Crippen LogP contribution in [0.15, 0.2) is 71.0 Å². The largest absolute Gasteiger partial charge is 0.394 e. The van der Waals surface area contributed by atoms with E-state index in [1.165, 1.54) is 12.8 Å². The molecule has 2 aliphatic carbocycles. The second-order valence-electron chi connectivity index (χ2n) is 14.0. The lowest BCUT2D eigenvalue weighted by Gasteiger charge is -2.18. The first-order valence-corrected chi connectivity index (χ1v) is 21.5. The van der Waals surface area contributed by atoms with Gasteiger partial charge in [0.15, 0.2) is 0 Å². The second kappa shape index (κ2) is 50.2. The van der Waals surface area contributed by atoms with Gasteiger partial charge in [0.2, 0.25) is 0 Å². The Bertz CT molecular complexity index is 1100. The van der Waals surface area contributed by atoms with E-state index in [-0.39, 0.29) is 46.3 Å². The predicted octanol–water partition coefficient (Wildman–Crippen LogP) is 13.0. The Balaban J connectivity index is -0.000000890. The zero-order valence-corrected chi connectivity index (χ0v) is 35.1. The van der Waals surface area contributed by atoms with Gasteiger partial charge >= 0.3 is 0 Å². The molecule has 12 nitrogen and oxygen atoms in total. The maximum atomic E-state index is 8.75. The lowest BCUT2D eigenvalue weighted by Crippen LogP contribution is -2.17. The van der Waals surface area contributed by atoms with Gasteiger partial charge in [0.1, 0.15) is 0 Å².